The molecule has 5 rings (SSSR count). The number of pyridine rings is 1. The number of hydrogen-bond acceptors (Lipinski definition) is 2. The van der Waals surface area contributed by atoms with Gasteiger partial charge in [-0.15, -0.1) is 0 Å². The van der Waals surface area contributed by atoms with E-state index in [4.69, 9.17) is 11.6 Å². The van der Waals surface area contributed by atoms with Crippen LogP contribution in [0.5, 0.6) is 0 Å². The van der Waals surface area contributed by atoms with Crippen LogP contribution in [-0.4, -0.2) is 15.8 Å². The van der Waals surface area contributed by atoms with Crippen molar-refractivity contribution in [3.8, 4) is 0 Å². The van der Waals surface area contributed by atoms with E-state index in [0.29, 0.717) is 17.5 Å². The zero-order chi connectivity index (χ0) is 21.4. The highest BCUT2D eigenvalue weighted by atomic mass is 35.5. The molecular formula is C26H24ClFN2O. The zero-order valence-electron chi connectivity index (χ0n) is 17.1. The lowest BCUT2D eigenvalue weighted by Crippen LogP contribution is -2.37. The molecule has 1 aromatic heterocycles. The summed E-state index contributed by atoms with van der Waals surface area (Å²) in [4.78, 5) is 20.3. The highest BCUT2D eigenvalue weighted by Gasteiger charge is 2.49. The van der Waals surface area contributed by atoms with Crippen molar-refractivity contribution in [2.75, 3.05) is 0 Å². The molecule has 2 aromatic carbocycles. The number of benzene rings is 2. The second kappa shape index (κ2) is 8.43. The quantitative estimate of drug-likeness (QED) is 0.446. The average Bonchev–Trinajstić information content (AvgIpc) is 3.70. The minimum absolute atomic E-state index is 0.0150. The largest absolute Gasteiger partial charge is 0.329 e. The summed E-state index contributed by atoms with van der Waals surface area (Å²) in [5.41, 5.74) is 3.04. The van der Waals surface area contributed by atoms with Crippen LogP contribution in [0.1, 0.15) is 48.0 Å². The van der Waals surface area contributed by atoms with Crippen LogP contribution in [0.2, 0.25) is 5.02 Å². The molecule has 3 atom stereocenters. The number of nitrogens with zero attached hydrogens (tertiary/aromatic N) is 2. The third-order valence-electron chi connectivity index (χ3n) is 6.36. The van der Waals surface area contributed by atoms with Gasteiger partial charge in [0.2, 0.25) is 5.91 Å². The molecule has 0 saturated heterocycles. The van der Waals surface area contributed by atoms with Crippen LogP contribution in [0.3, 0.4) is 0 Å². The summed E-state index contributed by atoms with van der Waals surface area (Å²) in [6.07, 6.45) is 4.81. The lowest BCUT2D eigenvalue weighted by Gasteiger charge is -2.33. The zero-order valence-corrected chi connectivity index (χ0v) is 17.9. The smallest absolute Gasteiger partial charge is 0.227 e. The van der Waals surface area contributed by atoms with E-state index in [9.17, 15) is 9.18 Å². The lowest BCUT2D eigenvalue weighted by molar-refractivity contribution is -0.136. The monoisotopic (exact) mass is 434 g/mol. The SMILES string of the molecule is O=C([C@H]1C[C@@H]1c1ccc(F)cc1)N(Cc1ccccn1)[C@@H](c1ccc(Cl)cc1)C1CC1. The summed E-state index contributed by atoms with van der Waals surface area (Å²) >= 11 is 6.12. The molecule has 0 spiro atoms. The summed E-state index contributed by atoms with van der Waals surface area (Å²) in [7, 11) is 0. The normalized spacial score (nSPS) is 20.8. The minimum atomic E-state index is -0.249. The molecule has 2 aliphatic rings. The summed E-state index contributed by atoms with van der Waals surface area (Å²) in [6, 6.07) is 20.2. The van der Waals surface area contributed by atoms with Gasteiger partial charge in [0, 0.05) is 17.1 Å². The summed E-state index contributed by atoms with van der Waals surface area (Å²) in [5, 5.41) is 0.694. The second-order valence-electron chi connectivity index (χ2n) is 8.62. The van der Waals surface area contributed by atoms with Crippen LogP contribution in [0.25, 0.3) is 0 Å². The Morgan fingerprint density at radius 3 is 2.45 bits per heavy atom. The molecule has 1 heterocycles. The molecule has 0 unspecified atom stereocenters. The predicted molar refractivity (Wildman–Crippen MR) is 119 cm³/mol. The van der Waals surface area contributed by atoms with Crippen LogP contribution >= 0.6 is 11.6 Å². The third kappa shape index (κ3) is 4.49. The lowest BCUT2D eigenvalue weighted by atomic mass is 9.99. The van der Waals surface area contributed by atoms with Crippen molar-refractivity contribution in [3.05, 3.63) is 101 Å². The van der Waals surface area contributed by atoms with E-state index in [-0.39, 0.29) is 29.6 Å². The van der Waals surface area contributed by atoms with E-state index in [2.05, 4.69) is 4.98 Å². The van der Waals surface area contributed by atoms with E-state index in [1.807, 2.05) is 47.4 Å². The Labute approximate surface area is 186 Å². The average molecular weight is 435 g/mol. The van der Waals surface area contributed by atoms with E-state index < -0.39 is 0 Å². The van der Waals surface area contributed by atoms with Gasteiger partial charge in [0.1, 0.15) is 5.82 Å². The van der Waals surface area contributed by atoms with Gasteiger partial charge in [-0.25, -0.2) is 4.39 Å². The van der Waals surface area contributed by atoms with E-state index in [1.54, 1.807) is 18.3 Å². The van der Waals surface area contributed by atoms with Crippen molar-refractivity contribution in [2.45, 2.75) is 37.8 Å². The Balaban J connectivity index is 1.44. The highest BCUT2D eigenvalue weighted by molar-refractivity contribution is 6.30. The Bertz CT molecular complexity index is 1050. The fourth-order valence-corrected chi connectivity index (χ4v) is 4.64. The maximum Gasteiger partial charge on any atom is 0.227 e. The van der Waals surface area contributed by atoms with E-state index in [0.717, 1.165) is 36.1 Å². The molecule has 0 bridgehead atoms. The minimum Gasteiger partial charge on any atom is -0.329 e. The van der Waals surface area contributed by atoms with Gasteiger partial charge in [-0.05, 0) is 78.6 Å². The van der Waals surface area contributed by atoms with Gasteiger partial charge in [-0.1, -0.05) is 41.9 Å². The molecule has 3 nitrogen and oxygen atoms in total. The molecule has 0 radical (unpaired) electrons. The van der Waals surface area contributed by atoms with Crippen molar-refractivity contribution in [2.24, 2.45) is 11.8 Å². The van der Waals surface area contributed by atoms with Crippen LogP contribution < -0.4 is 0 Å². The van der Waals surface area contributed by atoms with Crippen molar-refractivity contribution >= 4 is 17.5 Å². The first-order chi connectivity index (χ1) is 15.1. The topological polar surface area (TPSA) is 33.2 Å². The van der Waals surface area contributed by atoms with Gasteiger partial charge < -0.3 is 4.90 Å². The van der Waals surface area contributed by atoms with Crippen LogP contribution in [0.4, 0.5) is 4.39 Å². The van der Waals surface area contributed by atoms with Crippen LogP contribution in [0.15, 0.2) is 72.9 Å². The maximum absolute atomic E-state index is 13.8. The number of carbonyl (C=O) groups excluding carboxylic acids is 1. The van der Waals surface area contributed by atoms with Gasteiger partial charge in [-0.3, -0.25) is 9.78 Å². The fourth-order valence-electron chi connectivity index (χ4n) is 4.52. The van der Waals surface area contributed by atoms with Crippen molar-refractivity contribution in [3.63, 3.8) is 0 Å². The number of aromatic nitrogens is 1. The van der Waals surface area contributed by atoms with Crippen molar-refractivity contribution < 1.29 is 9.18 Å². The number of rotatable bonds is 7. The molecule has 3 aromatic rings. The van der Waals surface area contributed by atoms with Crippen molar-refractivity contribution in [1.29, 1.82) is 0 Å². The van der Waals surface area contributed by atoms with Crippen LogP contribution in [-0.2, 0) is 11.3 Å². The third-order valence-corrected chi connectivity index (χ3v) is 6.62. The Morgan fingerprint density at radius 1 is 1.06 bits per heavy atom. The number of hydrogen-bond donors (Lipinski definition) is 0. The first kappa shape index (κ1) is 20.2. The van der Waals surface area contributed by atoms with Gasteiger partial charge in [-0.2, -0.15) is 0 Å². The second-order valence-corrected chi connectivity index (χ2v) is 9.06. The van der Waals surface area contributed by atoms with Crippen molar-refractivity contribution in [1.82, 2.24) is 9.88 Å². The predicted octanol–water partition coefficient (Wildman–Crippen LogP) is 6.16. The van der Waals surface area contributed by atoms with Gasteiger partial charge in [0.25, 0.3) is 0 Å². The highest BCUT2D eigenvalue weighted by Crippen LogP contribution is 2.52. The number of halogens is 2. The first-order valence-electron chi connectivity index (χ1n) is 10.8. The molecule has 1 amide bonds. The Hall–Kier alpha value is -2.72. The van der Waals surface area contributed by atoms with Crippen LogP contribution in [0, 0.1) is 17.7 Å². The summed E-state index contributed by atoms with van der Waals surface area (Å²) in [5.74, 6) is 0.455. The van der Waals surface area contributed by atoms with E-state index >= 15 is 0 Å². The Morgan fingerprint density at radius 2 is 1.81 bits per heavy atom. The molecule has 2 fully saturated rings. The Kier molecular flexibility index (Phi) is 5.49. The van der Waals surface area contributed by atoms with Gasteiger partial charge in [0.05, 0.1) is 18.3 Å². The van der Waals surface area contributed by atoms with Gasteiger partial charge in [0.15, 0.2) is 0 Å². The summed E-state index contributed by atoms with van der Waals surface area (Å²) in [6.45, 7) is 0.482. The molecule has 2 saturated carbocycles. The molecular weight excluding hydrogens is 411 g/mol. The maximum atomic E-state index is 13.8. The molecule has 158 valence electrons. The molecule has 31 heavy (non-hydrogen) atoms. The van der Waals surface area contributed by atoms with Gasteiger partial charge >= 0.3 is 0 Å². The summed E-state index contributed by atoms with van der Waals surface area (Å²) < 4.78 is 13.3. The number of amides is 1. The van der Waals surface area contributed by atoms with E-state index in [1.165, 1.54) is 12.1 Å². The molecule has 2 aliphatic carbocycles. The number of carbonyl (C=O) groups is 1. The fraction of sp³-hybridized carbons (Fsp3) is 0.308. The molecule has 5 heteroatoms. The molecule has 0 N–H and O–H groups in total. The first-order valence-corrected chi connectivity index (χ1v) is 11.2. The molecule has 0 aliphatic heterocycles. The standard InChI is InChI=1S/C26H24ClFN2O/c27-20-10-6-19(7-11-20)25(18-4-5-18)30(16-22-3-1-2-14-29-22)26(31)24-15-23(24)17-8-12-21(28)13-9-17/h1-3,6-14,18,23-25H,4-5,15-16H2/t23-,24+,25-/m1/s1.